The van der Waals surface area contributed by atoms with E-state index in [0.717, 1.165) is 0 Å². The van der Waals surface area contributed by atoms with Gasteiger partial charge in [0.05, 0.1) is 16.3 Å². The van der Waals surface area contributed by atoms with E-state index in [2.05, 4.69) is 4.72 Å². The summed E-state index contributed by atoms with van der Waals surface area (Å²) < 4.78 is 27.7. The van der Waals surface area contributed by atoms with Gasteiger partial charge < -0.3 is 0 Å². The van der Waals surface area contributed by atoms with Gasteiger partial charge in [0.1, 0.15) is 11.0 Å². The van der Waals surface area contributed by atoms with Crippen molar-refractivity contribution in [3.05, 3.63) is 57.1 Å². The lowest BCUT2D eigenvalue weighted by molar-refractivity contribution is 0.600. The van der Waals surface area contributed by atoms with Gasteiger partial charge in [0, 0.05) is 5.02 Å². The van der Waals surface area contributed by atoms with Crippen LogP contribution in [0, 0.1) is 25.2 Å². The molecule has 2 aromatic rings. The van der Waals surface area contributed by atoms with E-state index < -0.39 is 10.0 Å². The van der Waals surface area contributed by atoms with Gasteiger partial charge in [-0.15, -0.1) is 0 Å². The Hall–Kier alpha value is -1.74. The molecule has 0 unspecified atom stereocenters. The fourth-order valence-corrected chi connectivity index (χ4v) is 4.29. The maximum absolute atomic E-state index is 12.7. The van der Waals surface area contributed by atoms with Crippen LogP contribution in [0.1, 0.15) is 16.7 Å². The Kier molecular flexibility index (Phi) is 4.66. The minimum atomic E-state index is -3.97. The van der Waals surface area contributed by atoms with Crippen LogP contribution in [0.5, 0.6) is 0 Å². The third-order valence-corrected chi connectivity index (χ3v) is 5.68. The monoisotopic (exact) mass is 354 g/mol. The number of anilines is 1. The molecule has 0 aliphatic rings. The zero-order valence-electron chi connectivity index (χ0n) is 11.8. The highest BCUT2D eigenvalue weighted by molar-refractivity contribution is 7.93. The standard InChI is InChI=1S/C15H12Cl2N2O2S/c1-9-7-12(16)10(2)15(14(9)17)22(20,21)19-13-6-4-3-5-11(13)8-18/h3-7,19H,1-2H3. The molecular formula is C15H12Cl2N2O2S. The number of sulfonamides is 1. The maximum atomic E-state index is 12.7. The van der Waals surface area contributed by atoms with Crippen molar-refractivity contribution in [3.63, 3.8) is 0 Å². The molecule has 0 aromatic heterocycles. The molecule has 0 bridgehead atoms. The molecule has 0 amide bonds. The van der Waals surface area contributed by atoms with Crippen molar-refractivity contribution in [3.8, 4) is 6.07 Å². The van der Waals surface area contributed by atoms with E-state index >= 15 is 0 Å². The van der Waals surface area contributed by atoms with E-state index in [-0.39, 0.29) is 21.2 Å². The molecule has 0 saturated carbocycles. The van der Waals surface area contributed by atoms with Gasteiger partial charge in [0.2, 0.25) is 0 Å². The second kappa shape index (κ2) is 6.17. The van der Waals surface area contributed by atoms with Crippen molar-refractivity contribution < 1.29 is 8.42 Å². The first-order valence-electron chi connectivity index (χ1n) is 6.25. The third kappa shape index (κ3) is 3.05. The number of hydrogen-bond donors (Lipinski definition) is 1. The average Bonchev–Trinajstić information content (AvgIpc) is 2.45. The van der Waals surface area contributed by atoms with Gasteiger partial charge in [-0.3, -0.25) is 4.72 Å². The summed E-state index contributed by atoms with van der Waals surface area (Å²) in [6, 6.07) is 9.87. The summed E-state index contributed by atoms with van der Waals surface area (Å²) in [5.41, 5.74) is 1.34. The third-order valence-electron chi connectivity index (χ3n) is 3.15. The van der Waals surface area contributed by atoms with Crippen molar-refractivity contribution in [2.45, 2.75) is 18.7 Å². The molecule has 114 valence electrons. The molecule has 22 heavy (non-hydrogen) atoms. The Bertz CT molecular complexity index is 861. The summed E-state index contributed by atoms with van der Waals surface area (Å²) in [6.45, 7) is 3.26. The summed E-state index contributed by atoms with van der Waals surface area (Å²) in [7, 11) is -3.97. The number of nitriles is 1. The van der Waals surface area contributed by atoms with Gasteiger partial charge in [-0.1, -0.05) is 35.3 Å². The van der Waals surface area contributed by atoms with E-state index in [4.69, 9.17) is 28.5 Å². The first-order chi connectivity index (χ1) is 10.3. The molecule has 0 atom stereocenters. The predicted molar refractivity (Wildman–Crippen MR) is 87.9 cm³/mol. The first kappa shape index (κ1) is 16.6. The molecule has 0 aliphatic carbocycles. The lowest BCUT2D eigenvalue weighted by atomic mass is 10.2. The Morgan fingerprint density at radius 1 is 1.18 bits per heavy atom. The Balaban J connectivity index is 2.60. The smallest absolute Gasteiger partial charge is 0.263 e. The molecule has 0 heterocycles. The Labute approximate surface area is 139 Å². The van der Waals surface area contributed by atoms with E-state index in [1.54, 1.807) is 32.0 Å². The minimum Gasteiger partial charge on any atom is -0.278 e. The van der Waals surface area contributed by atoms with Crippen molar-refractivity contribution in [2.75, 3.05) is 4.72 Å². The lowest BCUT2D eigenvalue weighted by Gasteiger charge is -2.15. The summed E-state index contributed by atoms with van der Waals surface area (Å²) in [5, 5.41) is 9.48. The fraction of sp³-hybridized carbons (Fsp3) is 0.133. The summed E-state index contributed by atoms with van der Waals surface area (Å²) in [5.74, 6) is 0. The molecular weight excluding hydrogens is 343 g/mol. The number of rotatable bonds is 3. The quantitative estimate of drug-likeness (QED) is 0.893. The summed E-state index contributed by atoms with van der Waals surface area (Å²) in [6.07, 6.45) is 0. The normalized spacial score (nSPS) is 11.0. The van der Waals surface area contributed by atoms with Crippen LogP contribution in [-0.2, 0) is 10.0 Å². The molecule has 0 fully saturated rings. The van der Waals surface area contributed by atoms with Gasteiger partial charge >= 0.3 is 0 Å². The molecule has 7 heteroatoms. The van der Waals surface area contributed by atoms with Crippen LogP contribution in [0.25, 0.3) is 0 Å². The number of halogens is 2. The average molecular weight is 355 g/mol. The molecule has 0 saturated heterocycles. The highest BCUT2D eigenvalue weighted by atomic mass is 35.5. The van der Waals surface area contributed by atoms with Crippen molar-refractivity contribution >= 4 is 38.9 Å². The molecule has 0 radical (unpaired) electrons. The molecule has 0 spiro atoms. The summed E-state index contributed by atoms with van der Waals surface area (Å²) >= 11 is 12.2. The molecule has 4 nitrogen and oxygen atoms in total. The highest BCUT2D eigenvalue weighted by Gasteiger charge is 2.24. The van der Waals surface area contributed by atoms with Crippen LogP contribution in [0.4, 0.5) is 5.69 Å². The van der Waals surface area contributed by atoms with Crippen LogP contribution in [0.15, 0.2) is 35.2 Å². The van der Waals surface area contributed by atoms with Gasteiger partial charge in [-0.25, -0.2) is 8.42 Å². The number of aryl methyl sites for hydroxylation is 1. The van der Waals surface area contributed by atoms with Crippen LogP contribution in [0.3, 0.4) is 0 Å². The SMILES string of the molecule is Cc1cc(Cl)c(C)c(S(=O)(=O)Nc2ccccc2C#N)c1Cl. The van der Waals surface area contributed by atoms with Crippen LogP contribution < -0.4 is 4.72 Å². The number of para-hydroxylation sites is 1. The highest BCUT2D eigenvalue weighted by Crippen LogP contribution is 2.34. The zero-order chi connectivity index (χ0) is 16.5. The number of nitrogens with zero attached hydrogens (tertiary/aromatic N) is 1. The molecule has 2 rings (SSSR count). The van der Waals surface area contributed by atoms with E-state index in [9.17, 15) is 8.42 Å². The van der Waals surface area contributed by atoms with Crippen molar-refractivity contribution in [2.24, 2.45) is 0 Å². The Morgan fingerprint density at radius 2 is 1.82 bits per heavy atom. The van der Waals surface area contributed by atoms with Gasteiger partial charge in [0.15, 0.2) is 0 Å². The fourth-order valence-electron chi connectivity index (χ4n) is 2.00. The largest absolute Gasteiger partial charge is 0.278 e. The second-order valence-electron chi connectivity index (χ2n) is 4.71. The maximum Gasteiger partial charge on any atom is 0.263 e. The van der Waals surface area contributed by atoms with Gasteiger partial charge in [0.25, 0.3) is 10.0 Å². The first-order valence-corrected chi connectivity index (χ1v) is 8.49. The van der Waals surface area contributed by atoms with Crippen LogP contribution >= 0.6 is 23.2 Å². The topological polar surface area (TPSA) is 70.0 Å². The van der Waals surface area contributed by atoms with Crippen molar-refractivity contribution in [1.29, 1.82) is 5.26 Å². The van der Waals surface area contributed by atoms with E-state index in [1.807, 2.05) is 6.07 Å². The lowest BCUT2D eigenvalue weighted by Crippen LogP contribution is -2.16. The molecule has 2 aromatic carbocycles. The Morgan fingerprint density at radius 3 is 2.45 bits per heavy atom. The molecule has 1 N–H and O–H groups in total. The van der Waals surface area contributed by atoms with Crippen LogP contribution in [0.2, 0.25) is 10.0 Å². The molecule has 0 aliphatic heterocycles. The summed E-state index contributed by atoms with van der Waals surface area (Å²) in [4.78, 5) is -0.0769. The van der Waals surface area contributed by atoms with Gasteiger partial charge in [-0.05, 0) is 43.2 Å². The van der Waals surface area contributed by atoms with E-state index in [1.165, 1.54) is 12.1 Å². The second-order valence-corrected chi connectivity index (χ2v) is 7.11. The number of benzene rings is 2. The zero-order valence-corrected chi connectivity index (χ0v) is 14.1. The van der Waals surface area contributed by atoms with Crippen molar-refractivity contribution in [1.82, 2.24) is 0 Å². The van der Waals surface area contributed by atoms with Gasteiger partial charge in [-0.2, -0.15) is 5.26 Å². The number of hydrogen-bond acceptors (Lipinski definition) is 3. The predicted octanol–water partition coefficient (Wildman–Crippen LogP) is 4.28. The minimum absolute atomic E-state index is 0.0769. The van der Waals surface area contributed by atoms with E-state index in [0.29, 0.717) is 16.1 Å². The number of nitrogens with one attached hydrogen (secondary N) is 1. The van der Waals surface area contributed by atoms with Crippen LogP contribution in [-0.4, -0.2) is 8.42 Å².